The molecule has 0 bridgehead atoms. The van der Waals surface area contributed by atoms with E-state index >= 15 is 0 Å². The number of unbranched alkanes of at least 4 members (excludes halogenated alkanes) is 5. The van der Waals surface area contributed by atoms with Crippen LogP contribution in [0.3, 0.4) is 0 Å². The van der Waals surface area contributed by atoms with Gasteiger partial charge in [-0.1, -0.05) is 0 Å². The summed E-state index contributed by atoms with van der Waals surface area (Å²) in [4.78, 5) is 20.0. The summed E-state index contributed by atoms with van der Waals surface area (Å²) in [5.74, 6) is -2.46. The molecular weight excluding hydrogens is 439 g/mol. The molecule has 1 aromatic carbocycles. The van der Waals surface area contributed by atoms with Crippen molar-refractivity contribution in [1.29, 1.82) is 0 Å². The second kappa shape index (κ2) is 17.1. The summed E-state index contributed by atoms with van der Waals surface area (Å²) in [5.41, 5.74) is 0. The SMILES string of the molecule is CCCCCCCCC([CH2][K])Oc1ccccc1.O=C(O)CC(C(=O)O)S(=O)(=O)O. The second-order valence-corrected chi connectivity index (χ2v) is 9.83. The zero-order valence-electron chi connectivity index (χ0n) is 17.7. The van der Waals surface area contributed by atoms with E-state index in [0.29, 0.717) is 6.10 Å². The number of carboxylic acid groups (broad SMARTS) is 2. The topological polar surface area (TPSA) is 138 Å². The number of benzene rings is 1. The van der Waals surface area contributed by atoms with Crippen molar-refractivity contribution in [2.75, 3.05) is 0 Å². The van der Waals surface area contributed by atoms with Gasteiger partial charge in [0.2, 0.25) is 0 Å². The average molecular weight is 471 g/mol. The first kappa shape index (κ1) is 29.5. The minimum absolute atomic E-state index is 0.471. The van der Waals surface area contributed by atoms with Gasteiger partial charge in [0.1, 0.15) is 0 Å². The van der Waals surface area contributed by atoms with Crippen LogP contribution in [-0.4, -0.2) is 95.4 Å². The van der Waals surface area contributed by atoms with Gasteiger partial charge in [0.05, 0.1) is 6.42 Å². The van der Waals surface area contributed by atoms with Gasteiger partial charge < -0.3 is 10.2 Å². The van der Waals surface area contributed by atoms with Gasteiger partial charge in [-0.25, -0.2) is 0 Å². The van der Waals surface area contributed by atoms with Crippen LogP contribution < -0.4 is 4.74 Å². The van der Waals surface area contributed by atoms with Gasteiger partial charge in [-0.05, 0) is 0 Å². The molecule has 0 radical (unpaired) electrons. The monoisotopic (exact) mass is 470 g/mol. The third kappa shape index (κ3) is 15.3. The van der Waals surface area contributed by atoms with Gasteiger partial charge in [0.25, 0.3) is 10.1 Å². The van der Waals surface area contributed by atoms with Crippen LogP contribution in [0.15, 0.2) is 30.3 Å². The third-order valence-electron chi connectivity index (χ3n) is 4.38. The van der Waals surface area contributed by atoms with E-state index in [9.17, 15) is 18.0 Å². The van der Waals surface area contributed by atoms with Crippen molar-refractivity contribution in [1.82, 2.24) is 0 Å². The van der Waals surface area contributed by atoms with Crippen LogP contribution in [0.1, 0.15) is 58.3 Å². The molecule has 0 aliphatic carbocycles. The van der Waals surface area contributed by atoms with Crippen molar-refractivity contribution < 1.29 is 37.5 Å². The molecule has 30 heavy (non-hydrogen) atoms. The van der Waals surface area contributed by atoms with Crippen LogP contribution in [0.4, 0.5) is 0 Å². The Bertz CT molecular complexity index is 709. The molecule has 2 unspecified atom stereocenters. The predicted molar refractivity (Wildman–Crippen MR) is 115 cm³/mol. The Balaban J connectivity index is 0.000000612. The fraction of sp³-hybridized carbons (Fsp3) is 0.600. The summed E-state index contributed by atoms with van der Waals surface area (Å²) in [6.07, 6.45) is 8.80. The molecule has 0 fully saturated rings. The third-order valence-corrected chi connectivity index (χ3v) is 6.89. The summed E-state index contributed by atoms with van der Waals surface area (Å²) in [5, 5.41) is 13.9. The Labute approximate surface area is 212 Å². The van der Waals surface area contributed by atoms with Crippen LogP contribution in [0.25, 0.3) is 0 Å². The van der Waals surface area contributed by atoms with E-state index in [0.717, 1.165) is 54.7 Å². The Morgan fingerprint density at radius 2 is 1.60 bits per heavy atom. The van der Waals surface area contributed by atoms with Crippen molar-refractivity contribution in [2.24, 2.45) is 0 Å². The average Bonchev–Trinajstić information content (AvgIpc) is 2.68. The zero-order valence-corrected chi connectivity index (χ0v) is 21.6. The number of carbonyl (C=O) groups is 2. The van der Waals surface area contributed by atoms with E-state index < -0.39 is 33.7 Å². The van der Waals surface area contributed by atoms with Crippen LogP contribution in [-0.2, 0) is 19.7 Å². The summed E-state index contributed by atoms with van der Waals surface area (Å²) in [7, 11) is -4.84. The molecule has 0 aliphatic rings. The van der Waals surface area contributed by atoms with Crippen LogP contribution in [0.2, 0.25) is 0.515 Å². The van der Waals surface area contributed by atoms with E-state index in [4.69, 9.17) is 19.5 Å². The molecule has 8 nitrogen and oxygen atoms in total. The van der Waals surface area contributed by atoms with E-state index in [-0.39, 0.29) is 0 Å². The Morgan fingerprint density at radius 3 is 2.03 bits per heavy atom. The summed E-state index contributed by atoms with van der Waals surface area (Å²) < 4.78 is 36.0. The van der Waals surface area contributed by atoms with E-state index in [1.54, 1.807) is 0 Å². The van der Waals surface area contributed by atoms with E-state index in [1.807, 2.05) is 18.2 Å². The van der Waals surface area contributed by atoms with Crippen molar-refractivity contribution in [2.45, 2.75) is 70.2 Å². The quantitative estimate of drug-likeness (QED) is 0.213. The molecule has 10 heteroatoms. The smallest absolute Gasteiger partial charge is 0.325 e. The van der Waals surface area contributed by atoms with Gasteiger partial charge in [0.15, 0.2) is 5.25 Å². The fourth-order valence-corrected chi connectivity index (χ4v) is 4.17. The first-order valence-corrected chi connectivity index (χ1v) is 14.0. The number of hydrogen-bond donors (Lipinski definition) is 3. The minimum Gasteiger partial charge on any atom is -0.481 e. The van der Waals surface area contributed by atoms with Crippen molar-refractivity contribution in [3.63, 3.8) is 0 Å². The minimum atomic E-state index is -4.84. The van der Waals surface area contributed by atoms with Crippen LogP contribution >= 0.6 is 0 Å². The molecule has 0 saturated heterocycles. The Morgan fingerprint density at radius 1 is 1.03 bits per heavy atom. The van der Waals surface area contributed by atoms with Gasteiger partial charge in [-0.3, -0.25) is 14.1 Å². The van der Waals surface area contributed by atoms with Crippen LogP contribution in [0.5, 0.6) is 5.75 Å². The maximum atomic E-state index is 10.2. The van der Waals surface area contributed by atoms with E-state index in [2.05, 4.69) is 19.1 Å². The number of hydrogen-bond acceptors (Lipinski definition) is 5. The number of rotatable bonds is 14. The fourth-order valence-electron chi connectivity index (χ4n) is 2.67. The maximum absolute atomic E-state index is 10.2. The Hall–Kier alpha value is -0.494. The number of ether oxygens (including phenoxy) is 1. The molecule has 0 saturated carbocycles. The molecule has 1 rings (SSSR count). The van der Waals surface area contributed by atoms with Crippen molar-refractivity contribution in [3.05, 3.63) is 30.3 Å². The molecule has 2 atom stereocenters. The molecule has 1 aromatic rings. The molecule has 0 heterocycles. The maximum Gasteiger partial charge on any atom is 0.325 e. The Kier molecular flexibility index (Phi) is 16.8. The normalized spacial score (nSPS) is 12.9. The largest absolute Gasteiger partial charge is 0.481 e. The standard InChI is InChI=1S/C16H25O.C4H6O7S.K/c1-3-4-5-6-7-9-12-15(2)17-16-13-10-8-11-14-16;5-3(6)1-2(4(7)8)12(9,10)11;/h8,10-11,13-15H,2-7,9,12H2,1H3;2H,1H2,(H,5,6)(H,7,8)(H,9,10,11);. The molecule has 0 aromatic heterocycles. The predicted octanol–water partition coefficient (Wildman–Crippen LogP) is 3.57. The van der Waals surface area contributed by atoms with Crippen molar-refractivity contribution >= 4 is 71.0 Å². The summed E-state index contributed by atoms with van der Waals surface area (Å²) in [6, 6.07) is 10.3. The number of carboxylic acids is 2. The van der Waals surface area contributed by atoms with Gasteiger partial charge >= 0.3 is 160 Å². The summed E-state index contributed by atoms with van der Waals surface area (Å²) >= 11 is 0.884. The van der Waals surface area contributed by atoms with Gasteiger partial charge in [-0.2, -0.15) is 8.42 Å². The van der Waals surface area contributed by atoms with Crippen molar-refractivity contribution in [3.8, 4) is 5.75 Å². The molecule has 0 amide bonds. The molecule has 0 aliphatic heterocycles. The van der Waals surface area contributed by atoms with Gasteiger partial charge in [0, 0.05) is 0 Å². The van der Waals surface area contributed by atoms with E-state index in [1.165, 1.54) is 45.5 Å². The molecular formula is C20H31KO8S. The zero-order chi connectivity index (χ0) is 23.0. The first-order chi connectivity index (χ1) is 14.1. The number of aliphatic carboxylic acids is 2. The molecule has 3 N–H and O–H groups in total. The molecule has 166 valence electrons. The van der Waals surface area contributed by atoms with Gasteiger partial charge in [-0.15, -0.1) is 0 Å². The second-order valence-electron chi connectivity index (χ2n) is 6.96. The molecule has 0 spiro atoms. The summed E-state index contributed by atoms with van der Waals surface area (Å²) in [6.45, 7) is 2.27. The van der Waals surface area contributed by atoms with Crippen LogP contribution in [0, 0.1) is 0 Å². The first-order valence-electron chi connectivity index (χ1n) is 10.2. The number of para-hydroxylation sites is 1.